The Morgan fingerprint density at radius 2 is 1.68 bits per heavy atom. The number of anilines is 2. The lowest BCUT2D eigenvalue weighted by atomic mass is 10.1. The van der Waals surface area contributed by atoms with Crippen molar-refractivity contribution in [2.75, 3.05) is 49.5 Å². The fourth-order valence-electron chi connectivity index (χ4n) is 3.84. The highest BCUT2D eigenvalue weighted by Gasteiger charge is 2.24. The monoisotopic (exact) mass is 379 g/mol. The van der Waals surface area contributed by atoms with E-state index in [2.05, 4.69) is 39.5 Å². The van der Waals surface area contributed by atoms with Gasteiger partial charge in [-0.25, -0.2) is 4.68 Å². The second kappa shape index (κ2) is 7.92. The van der Waals surface area contributed by atoms with E-state index in [9.17, 15) is 4.79 Å². The Kier molecular flexibility index (Phi) is 5.18. The Morgan fingerprint density at radius 3 is 2.39 bits per heavy atom. The third-order valence-corrected chi connectivity index (χ3v) is 5.23. The molecule has 7 nitrogen and oxygen atoms in total. The van der Waals surface area contributed by atoms with Crippen molar-refractivity contribution < 1.29 is 4.84 Å². The number of pyridine rings is 1. The van der Waals surface area contributed by atoms with Crippen LogP contribution in [0.4, 0.5) is 11.4 Å². The highest BCUT2D eigenvalue weighted by Crippen LogP contribution is 2.32. The summed E-state index contributed by atoms with van der Waals surface area (Å²) in [4.78, 5) is 22.6. The standard InChI is InChI=1S/C21H25N5O2/c1-28-23-19-20(17-9-5-6-10-18(17)26(22)21(19)27)25-13-11-24(12-14-25)15-16-7-3-2-4-8-16/h2-10,23H,11-15,22H2,1H3. The van der Waals surface area contributed by atoms with Crippen molar-refractivity contribution in [1.29, 1.82) is 0 Å². The Balaban J connectivity index is 1.63. The number of para-hydroxylation sites is 1. The zero-order chi connectivity index (χ0) is 19.5. The number of nitrogens with one attached hydrogen (secondary N) is 1. The van der Waals surface area contributed by atoms with E-state index in [1.54, 1.807) is 0 Å². The highest BCUT2D eigenvalue weighted by molar-refractivity contribution is 5.98. The van der Waals surface area contributed by atoms with Gasteiger partial charge in [0, 0.05) is 38.1 Å². The molecule has 28 heavy (non-hydrogen) atoms. The van der Waals surface area contributed by atoms with Gasteiger partial charge in [0.2, 0.25) is 0 Å². The molecule has 0 aliphatic carbocycles. The maximum Gasteiger partial charge on any atom is 0.296 e. The fraction of sp³-hybridized carbons (Fsp3) is 0.286. The lowest BCUT2D eigenvalue weighted by Gasteiger charge is -2.37. The average Bonchev–Trinajstić information content (AvgIpc) is 2.74. The number of rotatable bonds is 5. The molecule has 1 fully saturated rings. The Labute approximate surface area is 163 Å². The van der Waals surface area contributed by atoms with Gasteiger partial charge in [-0.15, -0.1) is 0 Å². The molecule has 3 aromatic rings. The van der Waals surface area contributed by atoms with E-state index in [1.807, 2.05) is 30.3 Å². The van der Waals surface area contributed by atoms with Gasteiger partial charge in [-0.05, 0) is 11.6 Å². The van der Waals surface area contributed by atoms with Crippen molar-refractivity contribution in [1.82, 2.24) is 9.58 Å². The molecule has 1 aromatic heterocycles. The number of nitrogens with zero attached hydrogens (tertiary/aromatic N) is 3. The van der Waals surface area contributed by atoms with Crippen molar-refractivity contribution >= 4 is 22.3 Å². The van der Waals surface area contributed by atoms with Crippen LogP contribution in [0.1, 0.15) is 5.56 Å². The van der Waals surface area contributed by atoms with Gasteiger partial charge in [0.15, 0.2) is 5.69 Å². The maximum absolute atomic E-state index is 12.8. The molecule has 146 valence electrons. The van der Waals surface area contributed by atoms with Crippen LogP contribution in [0, 0.1) is 0 Å². The van der Waals surface area contributed by atoms with Gasteiger partial charge < -0.3 is 10.7 Å². The minimum atomic E-state index is -0.303. The third kappa shape index (κ3) is 3.42. The molecule has 0 spiro atoms. The first-order chi connectivity index (χ1) is 13.7. The number of piperazine rings is 1. The van der Waals surface area contributed by atoms with Crippen LogP contribution in [0.2, 0.25) is 0 Å². The van der Waals surface area contributed by atoms with Gasteiger partial charge in [-0.1, -0.05) is 48.5 Å². The molecule has 1 aliphatic rings. The number of nitrogen functional groups attached to an aromatic ring is 1. The smallest absolute Gasteiger partial charge is 0.296 e. The Morgan fingerprint density at radius 1 is 1.00 bits per heavy atom. The summed E-state index contributed by atoms with van der Waals surface area (Å²) in [5, 5.41) is 0.931. The van der Waals surface area contributed by atoms with Crippen molar-refractivity contribution in [2.45, 2.75) is 6.54 Å². The van der Waals surface area contributed by atoms with E-state index in [-0.39, 0.29) is 5.56 Å². The topological polar surface area (TPSA) is 75.8 Å². The second-order valence-corrected chi connectivity index (χ2v) is 6.97. The first kappa shape index (κ1) is 18.3. The second-order valence-electron chi connectivity index (χ2n) is 6.97. The molecule has 4 rings (SSSR count). The minimum Gasteiger partial charge on any atom is -0.367 e. The van der Waals surface area contributed by atoms with Crippen LogP contribution < -0.4 is 21.8 Å². The zero-order valence-corrected chi connectivity index (χ0v) is 16.0. The maximum atomic E-state index is 12.8. The summed E-state index contributed by atoms with van der Waals surface area (Å²) in [5.74, 6) is 6.04. The average molecular weight is 379 g/mol. The van der Waals surface area contributed by atoms with E-state index in [0.29, 0.717) is 11.2 Å². The molecule has 7 heteroatoms. The van der Waals surface area contributed by atoms with Crippen molar-refractivity contribution in [3.05, 3.63) is 70.5 Å². The molecule has 2 heterocycles. The molecule has 0 amide bonds. The number of nitrogens with two attached hydrogens (primary N) is 1. The van der Waals surface area contributed by atoms with Gasteiger partial charge in [-0.3, -0.25) is 20.0 Å². The SMILES string of the molecule is CONc1c(N2CCN(Cc3ccccc3)CC2)c2ccccc2n(N)c1=O. The molecule has 0 atom stereocenters. The van der Waals surface area contributed by atoms with Gasteiger partial charge in [0.1, 0.15) is 0 Å². The molecule has 0 saturated carbocycles. The number of fused-ring (bicyclic) bond motifs is 1. The van der Waals surface area contributed by atoms with Crippen molar-refractivity contribution in [3.8, 4) is 0 Å². The van der Waals surface area contributed by atoms with Gasteiger partial charge in [0.25, 0.3) is 5.56 Å². The fourth-order valence-corrected chi connectivity index (χ4v) is 3.84. The lowest BCUT2D eigenvalue weighted by molar-refractivity contribution is 0.249. The molecule has 1 aliphatic heterocycles. The molecule has 0 radical (unpaired) electrons. The van der Waals surface area contributed by atoms with E-state index in [1.165, 1.54) is 17.3 Å². The quantitative estimate of drug-likeness (QED) is 0.522. The first-order valence-electron chi connectivity index (χ1n) is 9.42. The van der Waals surface area contributed by atoms with Crippen molar-refractivity contribution in [3.63, 3.8) is 0 Å². The predicted octanol–water partition coefficient (Wildman–Crippen LogP) is 2.01. The van der Waals surface area contributed by atoms with Crippen LogP contribution in [0.15, 0.2) is 59.4 Å². The minimum absolute atomic E-state index is 0.303. The lowest BCUT2D eigenvalue weighted by Crippen LogP contribution is -2.47. The summed E-state index contributed by atoms with van der Waals surface area (Å²) >= 11 is 0. The summed E-state index contributed by atoms with van der Waals surface area (Å²) in [6.45, 7) is 4.41. The molecule has 2 aromatic carbocycles. The molecule has 3 N–H and O–H groups in total. The summed E-state index contributed by atoms with van der Waals surface area (Å²) in [7, 11) is 1.50. The van der Waals surface area contributed by atoms with E-state index >= 15 is 0 Å². The van der Waals surface area contributed by atoms with Crippen molar-refractivity contribution in [2.24, 2.45) is 0 Å². The van der Waals surface area contributed by atoms with E-state index in [0.717, 1.165) is 43.8 Å². The number of aromatic nitrogens is 1. The van der Waals surface area contributed by atoms with E-state index < -0.39 is 0 Å². The molecular formula is C21H25N5O2. The van der Waals surface area contributed by atoms with Crippen LogP contribution in [-0.2, 0) is 11.4 Å². The first-order valence-corrected chi connectivity index (χ1v) is 9.42. The molecule has 0 unspecified atom stereocenters. The highest BCUT2D eigenvalue weighted by atomic mass is 16.6. The predicted molar refractivity (Wildman–Crippen MR) is 113 cm³/mol. The largest absolute Gasteiger partial charge is 0.367 e. The number of hydrogen-bond acceptors (Lipinski definition) is 6. The van der Waals surface area contributed by atoms with Crippen LogP contribution in [0.25, 0.3) is 10.9 Å². The molecular weight excluding hydrogens is 354 g/mol. The summed E-state index contributed by atoms with van der Waals surface area (Å²) in [6.07, 6.45) is 0. The van der Waals surface area contributed by atoms with Gasteiger partial charge >= 0.3 is 0 Å². The van der Waals surface area contributed by atoms with Crippen LogP contribution >= 0.6 is 0 Å². The van der Waals surface area contributed by atoms with Crippen LogP contribution in [-0.4, -0.2) is 42.9 Å². The zero-order valence-electron chi connectivity index (χ0n) is 16.0. The van der Waals surface area contributed by atoms with E-state index in [4.69, 9.17) is 10.7 Å². The third-order valence-electron chi connectivity index (χ3n) is 5.23. The molecule has 0 bridgehead atoms. The summed E-state index contributed by atoms with van der Waals surface area (Å²) < 4.78 is 1.17. The van der Waals surface area contributed by atoms with Crippen LogP contribution in [0.5, 0.6) is 0 Å². The van der Waals surface area contributed by atoms with Gasteiger partial charge in [0.05, 0.1) is 18.3 Å². The Hall–Kier alpha value is -3.03. The molecule has 1 saturated heterocycles. The Bertz CT molecular complexity index is 1010. The normalized spacial score (nSPS) is 15.1. The number of hydrogen-bond donors (Lipinski definition) is 2. The number of benzene rings is 2. The summed E-state index contributed by atoms with van der Waals surface area (Å²) in [6, 6.07) is 18.2. The van der Waals surface area contributed by atoms with Crippen LogP contribution in [0.3, 0.4) is 0 Å². The van der Waals surface area contributed by atoms with Gasteiger partial charge in [-0.2, -0.15) is 0 Å². The summed E-state index contributed by atoms with van der Waals surface area (Å²) in [5.41, 5.74) is 5.70.